The highest BCUT2D eigenvalue weighted by Gasteiger charge is 2.34. The molecule has 0 radical (unpaired) electrons. The molecule has 0 saturated carbocycles. The average molecular weight is 483 g/mol. The molecule has 0 aliphatic rings. The molecular weight excluding hydrogens is 468 g/mol. The molecule has 3 aromatic rings. The number of fused-ring (bicyclic) bond motifs is 1. The monoisotopic (exact) mass is 483 g/mol. The highest BCUT2D eigenvalue weighted by atomic mass is 19.4. The minimum Gasteiger partial charge on any atom is -0.354 e. The van der Waals surface area contributed by atoms with E-state index in [1.807, 2.05) is 0 Å². The number of nitrogens with zero attached hydrogens (tertiary/aromatic N) is 3. The Kier molecular flexibility index (Phi) is 6.53. The van der Waals surface area contributed by atoms with Crippen LogP contribution in [0.5, 0.6) is 0 Å². The molecule has 178 valence electrons. The van der Waals surface area contributed by atoms with E-state index < -0.39 is 42.7 Å². The molecule has 0 bridgehead atoms. The summed E-state index contributed by atoms with van der Waals surface area (Å²) in [5, 5.41) is 11.6. The Morgan fingerprint density at radius 2 is 1.85 bits per heavy atom. The number of pyridine rings is 1. The lowest BCUT2D eigenvalue weighted by molar-refractivity contribution is -0.149. The fourth-order valence-corrected chi connectivity index (χ4v) is 3.06. The Bertz CT molecular complexity index is 1290. The molecule has 0 spiro atoms. The van der Waals surface area contributed by atoms with Gasteiger partial charge in [0.25, 0.3) is 0 Å². The number of alkyl halides is 6. The van der Waals surface area contributed by atoms with E-state index in [1.165, 1.54) is 18.3 Å². The number of nitriles is 1. The number of nitrogens with one attached hydrogen (secondary N) is 2. The van der Waals surface area contributed by atoms with Gasteiger partial charge in [-0.15, -0.1) is 0 Å². The summed E-state index contributed by atoms with van der Waals surface area (Å²) in [6, 6.07) is 7.33. The Morgan fingerprint density at radius 3 is 2.47 bits per heavy atom. The molecule has 0 saturated heterocycles. The molecule has 0 fully saturated rings. The van der Waals surface area contributed by atoms with Crippen molar-refractivity contribution in [2.75, 3.05) is 18.9 Å². The van der Waals surface area contributed by atoms with Gasteiger partial charge in [0, 0.05) is 42.5 Å². The number of hydrogen-bond acceptors (Lipinski definition) is 4. The van der Waals surface area contributed by atoms with Gasteiger partial charge in [-0.3, -0.25) is 9.59 Å². The summed E-state index contributed by atoms with van der Waals surface area (Å²) in [4.78, 5) is 31.3. The van der Waals surface area contributed by atoms with Crippen LogP contribution in [0.25, 0.3) is 22.2 Å². The number of rotatable bonds is 4. The Balaban J connectivity index is 1.85. The predicted molar refractivity (Wildman–Crippen MR) is 108 cm³/mol. The molecule has 0 atom stereocenters. The molecule has 2 heterocycles. The lowest BCUT2D eigenvalue weighted by Crippen LogP contribution is -2.38. The molecule has 34 heavy (non-hydrogen) atoms. The lowest BCUT2D eigenvalue weighted by Gasteiger charge is -2.17. The van der Waals surface area contributed by atoms with E-state index in [4.69, 9.17) is 5.26 Å². The SMILES string of the molecule is CN(CCC(F)(F)F)C(=O)C(=O)Nc1cc2[nH]c(-c3cc(C#N)ccc3C(F)(F)F)cc2cn1. The van der Waals surface area contributed by atoms with E-state index in [1.54, 1.807) is 6.07 Å². The Hall–Kier alpha value is -4.08. The number of halogens is 6. The number of benzene rings is 1. The van der Waals surface area contributed by atoms with Crippen LogP contribution in [0.4, 0.5) is 32.2 Å². The predicted octanol–water partition coefficient (Wildman–Crippen LogP) is 4.47. The zero-order chi connectivity index (χ0) is 25.3. The van der Waals surface area contributed by atoms with E-state index in [-0.39, 0.29) is 28.2 Å². The molecule has 13 heteroatoms. The zero-order valence-electron chi connectivity index (χ0n) is 17.3. The first-order chi connectivity index (χ1) is 15.8. The highest BCUT2D eigenvalue weighted by molar-refractivity contribution is 6.39. The summed E-state index contributed by atoms with van der Waals surface area (Å²) in [7, 11) is 1.04. The van der Waals surface area contributed by atoms with E-state index in [9.17, 15) is 35.9 Å². The van der Waals surface area contributed by atoms with Crippen molar-refractivity contribution in [1.29, 1.82) is 5.26 Å². The average Bonchev–Trinajstić information content (AvgIpc) is 3.18. The van der Waals surface area contributed by atoms with Crippen molar-refractivity contribution in [1.82, 2.24) is 14.9 Å². The number of carbonyl (C=O) groups is 2. The van der Waals surface area contributed by atoms with Crippen molar-refractivity contribution in [3.8, 4) is 17.3 Å². The van der Waals surface area contributed by atoms with Crippen molar-refractivity contribution >= 4 is 28.5 Å². The van der Waals surface area contributed by atoms with Crippen LogP contribution in [0.1, 0.15) is 17.5 Å². The number of anilines is 1. The number of likely N-dealkylation sites (N-methyl/N-ethyl adjacent to an activating group) is 1. The lowest BCUT2D eigenvalue weighted by atomic mass is 10.0. The van der Waals surface area contributed by atoms with Crippen LogP contribution in [0, 0.1) is 11.3 Å². The van der Waals surface area contributed by atoms with E-state index >= 15 is 0 Å². The molecule has 1 aromatic carbocycles. The third-order valence-corrected chi connectivity index (χ3v) is 4.76. The molecule has 0 unspecified atom stereocenters. The molecule has 2 amide bonds. The first kappa shape index (κ1) is 24.6. The maximum absolute atomic E-state index is 13.4. The van der Waals surface area contributed by atoms with Gasteiger partial charge >= 0.3 is 24.2 Å². The number of aromatic amines is 1. The molecule has 2 aromatic heterocycles. The normalized spacial score (nSPS) is 11.8. The van der Waals surface area contributed by atoms with Crippen LogP contribution in [0.3, 0.4) is 0 Å². The van der Waals surface area contributed by atoms with Gasteiger partial charge in [0.15, 0.2) is 0 Å². The van der Waals surface area contributed by atoms with Crippen LogP contribution >= 0.6 is 0 Å². The summed E-state index contributed by atoms with van der Waals surface area (Å²) in [6.07, 6.45) is -9.24. The van der Waals surface area contributed by atoms with Gasteiger partial charge < -0.3 is 15.2 Å². The highest BCUT2D eigenvalue weighted by Crippen LogP contribution is 2.38. The van der Waals surface area contributed by atoms with Crippen LogP contribution in [0.2, 0.25) is 0 Å². The van der Waals surface area contributed by atoms with Crippen molar-refractivity contribution in [2.24, 2.45) is 0 Å². The van der Waals surface area contributed by atoms with Crippen molar-refractivity contribution in [2.45, 2.75) is 18.8 Å². The fraction of sp³-hybridized carbons (Fsp3) is 0.238. The van der Waals surface area contributed by atoms with E-state index in [0.717, 1.165) is 25.2 Å². The second kappa shape index (κ2) is 9.05. The van der Waals surface area contributed by atoms with Gasteiger partial charge in [-0.05, 0) is 24.3 Å². The molecular formula is C21H15F6N5O2. The first-order valence-corrected chi connectivity index (χ1v) is 9.52. The molecule has 7 nitrogen and oxygen atoms in total. The first-order valence-electron chi connectivity index (χ1n) is 9.52. The summed E-state index contributed by atoms with van der Waals surface area (Å²) in [5.41, 5.74) is -0.927. The van der Waals surface area contributed by atoms with E-state index in [2.05, 4.69) is 15.3 Å². The topological polar surface area (TPSA) is 102 Å². The smallest absolute Gasteiger partial charge is 0.354 e. The second-order valence-corrected chi connectivity index (χ2v) is 7.26. The Morgan fingerprint density at radius 1 is 1.15 bits per heavy atom. The van der Waals surface area contributed by atoms with Gasteiger partial charge in [-0.25, -0.2) is 4.98 Å². The van der Waals surface area contributed by atoms with Crippen LogP contribution in [-0.2, 0) is 15.8 Å². The maximum atomic E-state index is 13.4. The number of H-pyrrole nitrogens is 1. The summed E-state index contributed by atoms with van der Waals surface area (Å²) < 4.78 is 77.2. The van der Waals surface area contributed by atoms with Crippen LogP contribution in [-0.4, -0.2) is 46.5 Å². The summed E-state index contributed by atoms with van der Waals surface area (Å²) in [5.74, 6) is -2.60. The van der Waals surface area contributed by atoms with Gasteiger partial charge in [-0.1, -0.05) is 0 Å². The zero-order valence-corrected chi connectivity index (χ0v) is 17.3. The third-order valence-electron chi connectivity index (χ3n) is 4.76. The summed E-state index contributed by atoms with van der Waals surface area (Å²) in [6.45, 7) is -0.717. The fourth-order valence-electron chi connectivity index (χ4n) is 3.06. The van der Waals surface area contributed by atoms with Gasteiger partial charge in [-0.2, -0.15) is 31.6 Å². The minimum absolute atomic E-state index is 0.0147. The third kappa shape index (κ3) is 5.64. The quantitative estimate of drug-likeness (QED) is 0.422. The molecule has 2 N–H and O–H groups in total. The van der Waals surface area contributed by atoms with Gasteiger partial charge in [0.05, 0.1) is 29.1 Å². The Labute approximate surface area is 188 Å². The minimum atomic E-state index is -4.68. The molecule has 0 aliphatic carbocycles. The second-order valence-electron chi connectivity index (χ2n) is 7.26. The summed E-state index contributed by atoms with van der Waals surface area (Å²) >= 11 is 0. The van der Waals surface area contributed by atoms with Crippen molar-refractivity contribution < 1.29 is 35.9 Å². The van der Waals surface area contributed by atoms with Crippen LogP contribution in [0.15, 0.2) is 36.5 Å². The number of hydrogen-bond donors (Lipinski definition) is 2. The van der Waals surface area contributed by atoms with Gasteiger partial charge in [0.2, 0.25) is 0 Å². The van der Waals surface area contributed by atoms with Gasteiger partial charge in [0.1, 0.15) is 5.82 Å². The number of carbonyl (C=O) groups excluding carboxylic acids is 2. The van der Waals surface area contributed by atoms with E-state index in [0.29, 0.717) is 10.3 Å². The molecule has 3 rings (SSSR count). The molecule has 0 aliphatic heterocycles. The van der Waals surface area contributed by atoms with Crippen molar-refractivity contribution in [3.63, 3.8) is 0 Å². The standard InChI is InChI=1S/C21H15F6N5O2/c1-32(5-4-20(22,23)24)19(34)18(33)31-17-8-15-12(10-29-17)7-16(30-15)13-6-11(9-28)2-3-14(13)21(25,26)27/h2-3,6-8,10,30H,4-5H2,1H3,(H,29,31,33). The number of aromatic nitrogens is 2. The van der Waals surface area contributed by atoms with Crippen molar-refractivity contribution in [3.05, 3.63) is 47.7 Å². The maximum Gasteiger partial charge on any atom is 0.417 e. The largest absolute Gasteiger partial charge is 0.417 e. The van der Waals surface area contributed by atoms with Crippen LogP contribution < -0.4 is 5.32 Å². The number of amides is 2.